The van der Waals surface area contributed by atoms with Crippen molar-refractivity contribution in [3.8, 4) is 11.4 Å². The van der Waals surface area contributed by atoms with Gasteiger partial charge < -0.3 is 9.11 Å². The van der Waals surface area contributed by atoms with Crippen LogP contribution in [0.1, 0.15) is 0 Å². The minimum atomic E-state index is -5.17. The van der Waals surface area contributed by atoms with Crippen molar-refractivity contribution in [2.75, 3.05) is 0 Å². The van der Waals surface area contributed by atoms with Crippen LogP contribution in [-0.4, -0.2) is 27.5 Å². The molecule has 2 heterocycles. The second-order valence-corrected chi connectivity index (χ2v) is 3.65. The van der Waals surface area contributed by atoms with Crippen LogP contribution in [0.5, 0.6) is 0 Å². The second-order valence-electron chi connectivity index (χ2n) is 2.84. The Balaban J connectivity index is 0.000000421. The first-order valence-corrected chi connectivity index (χ1v) is 5.79. The Kier molecular flexibility index (Phi) is 7.33. The van der Waals surface area contributed by atoms with Gasteiger partial charge in [-0.3, -0.25) is 18.4 Å². The van der Waals surface area contributed by atoms with E-state index in [0.29, 0.717) is 0 Å². The Bertz CT molecular complexity index is 503. The zero-order chi connectivity index (χ0) is 12.7. The van der Waals surface area contributed by atoms with E-state index in [0.717, 1.165) is 11.4 Å². The van der Waals surface area contributed by atoms with Crippen molar-refractivity contribution < 1.29 is 34.6 Å². The van der Waals surface area contributed by atoms with E-state index in [9.17, 15) is 0 Å². The van der Waals surface area contributed by atoms with Gasteiger partial charge in [0.15, 0.2) is 0 Å². The Morgan fingerprint density at radius 2 is 1.17 bits per heavy atom. The van der Waals surface area contributed by atoms with E-state index in [1.54, 1.807) is 12.4 Å². The maximum atomic E-state index is 8.52. The molecule has 0 aliphatic rings. The van der Waals surface area contributed by atoms with E-state index in [4.69, 9.17) is 17.5 Å². The summed E-state index contributed by atoms with van der Waals surface area (Å²) in [5.41, 5.74) is 1.83. The topological polar surface area (TPSA) is 106 Å². The molecule has 8 heteroatoms. The smallest absolute Gasteiger partial charge is 0.759 e. The number of hydrogen-bond donors (Lipinski definition) is 0. The number of aromatic nitrogens is 2. The maximum Gasteiger partial charge on any atom is 2.00 e. The summed E-state index contributed by atoms with van der Waals surface area (Å²) in [6.07, 6.45) is 3.54. The Morgan fingerprint density at radius 1 is 0.833 bits per heavy atom. The molecule has 0 aromatic carbocycles. The monoisotopic (exact) mass is 308 g/mol. The van der Waals surface area contributed by atoms with Crippen molar-refractivity contribution >= 4 is 10.4 Å². The van der Waals surface area contributed by atoms with Crippen LogP contribution >= 0.6 is 0 Å². The Labute approximate surface area is 115 Å². The molecule has 0 aliphatic carbocycles. The minimum absolute atomic E-state index is 0. The van der Waals surface area contributed by atoms with Crippen molar-refractivity contribution in [1.29, 1.82) is 0 Å². The van der Waals surface area contributed by atoms with Crippen molar-refractivity contribution in [2.24, 2.45) is 0 Å². The zero-order valence-corrected chi connectivity index (χ0v) is 10.8. The van der Waals surface area contributed by atoms with Gasteiger partial charge >= 0.3 is 17.1 Å². The van der Waals surface area contributed by atoms with Crippen LogP contribution in [0.15, 0.2) is 48.8 Å². The molecule has 0 fully saturated rings. The molecule has 0 saturated carbocycles. The molecule has 18 heavy (non-hydrogen) atoms. The van der Waals surface area contributed by atoms with Gasteiger partial charge in [-0.05, 0) is 24.3 Å². The molecule has 0 amide bonds. The van der Waals surface area contributed by atoms with Gasteiger partial charge in [0, 0.05) is 22.8 Å². The standard InChI is InChI=1S/C10H8N2.Fe.H2O4S/c1-3-7-11-9(5-1)10-6-2-4-8-12-10;;1-5(2,3)4/h1-8H;;(H2,1,2,3,4)/q;+2;/p-2. The van der Waals surface area contributed by atoms with Crippen LogP contribution in [0.2, 0.25) is 0 Å². The molecule has 0 saturated heterocycles. The average Bonchev–Trinajstić information content (AvgIpc) is 2.29. The molecule has 0 bridgehead atoms. The van der Waals surface area contributed by atoms with Crippen molar-refractivity contribution in [3.63, 3.8) is 0 Å². The molecule has 0 radical (unpaired) electrons. The van der Waals surface area contributed by atoms with Gasteiger partial charge in [0.25, 0.3) is 0 Å². The minimum Gasteiger partial charge on any atom is -0.759 e. The summed E-state index contributed by atoms with van der Waals surface area (Å²) in [6.45, 7) is 0. The van der Waals surface area contributed by atoms with Crippen LogP contribution in [0, 0.1) is 0 Å². The predicted octanol–water partition coefficient (Wildman–Crippen LogP) is 0.803. The molecule has 2 aromatic heterocycles. The quantitative estimate of drug-likeness (QED) is 0.438. The SMILES string of the molecule is O=S(=O)([O-])[O-].[Fe+2].c1ccc(-c2ccccn2)nc1. The molecular weight excluding hydrogens is 300 g/mol. The van der Waals surface area contributed by atoms with E-state index >= 15 is 0 Å². The normalized spacial score (nSPS) is 9.67. The number of rotatable bonds is 1. The molecule has 6 nitrogen and oxygen atoms in total. The van der Waals surface area contributed by atoms with Crippen LogP contribution in [0.4, 0.5) is 0 Å². The second kappa shape index (κ2) is 7.91. The summed E-state index contributed by atoms with van der Waals surface area (Å²) in [5, 5.41) is 0. The Hall–Kier alpha value is -1.31. The van der Waals surface area contributed by atoms with Crippen molar-refractivity contribution in [1.82, 2.24) is 9.97 Å². The fraction of sp³-hybridized carbons (Fsp3) is 0. The Morgan fingerprint density at radius 3 is 1.39 bits per heavy atom. The zero-order valence-electron chi connectivity index (χ0n) is 8.91. The number of pyridine rings is 2. The van der Waals surface area contributed by atoms with Gasteiger partial charge in [-0.1, -0.05) is 12.1 Å². The number of nitrogens with zero attached hydrogens (tertiary/aromatic N) is 2. The van der Waals surface area contributed by atoms with E-state index in [2.05, 4.69) is 9.97 Å². The summed E-state index contributed by atoms with van der Waals surface area (Å²) in [7, 11) is -5.17. The summed E-state index contributed by atoms with van der Waals surface area (Å²) >= 11 is 0. The van der Waals surface area contributed by atoms with Gasteiger partial charge in [0.2, 0.25) is 0 Å². The molecular formula is C10H8FeN2O4S. The molecule has 96 valence electrons. The van der Waals surface area contributed by atoms with Crippen molar-refractivity contribution in [2.45, 2.75) is 0 Å². The molecule has 0 spiro atoms. The average molecular weight is 308 g/mol. The fourth-order valence-corrected chi connectivity index (χ4v) is 1.03. The van der Waals surface area contributed by atoms with E-state index in [1.807, 2.05) is 36.4 Å². The van der Waals surface area contributed by atoms with Gasteiger partial charge in [0.05, 0.1) is 11.4 Å². The van der Waals surface area contributed by atoms with Crippen molar-refractivity contribution in [3.05, 3.63) is 48.8 Å². The summed E-state index contributed by atoms with van der Waals surface area (Å²) in [6, 6.07) is 11.6. The van der Waals surface area contributed by atoms with Crippen LogP contribution in [0.25, 0.3) is 11.4 Å². The van der Waals surface area contributed by atoms with Crippen LogP contribution in [-0.2, 0) is 27.5 Å². The third kappa shape index (κ3) is 7.88. The van der Waals surface area contributed by atoms with Gasteiger partial charge in [-0.15, -0.1) is 0 Å². The summed E-state index contributed by atoms with van der Waals surface area (Å²) in [5.74, 6) is 0. The van der Waals surface area contributed by atoms with Gasteiger partial charge in [0.1, 0.15) is 0 Å². The first kappa shape index (κ1) is 16.7. The fourth-order valence-electron chi connectivity index (χ4n) is 1.03. The van der Waals surface area contributed by atoms with E-state index in [-0.39, 0.29) is 17.1 Å². The first-order valence-electron chi connectivity index (χ1n) is 4.46. The van der Waals surface area contributed by atoms with E-state index < -0.39 is 10.4 Å². The van der Waals surface area contributed by atoms with Gasteiger partial charge in [-0.2, -0.15) is 0 Å². The molecule has 0 N–H and O–H groups in total. The first-order chi connectivity index (χ1) is 7.97. The third-order valence-electron chi connectivity index (χ3n) is 1.59. The molecule has 2 aromatic rings. The van der Waals surface area contributed by atoms with Crippen LogP contribution < -0.4 is 0 Å². The van der Waals surface area contributed by atoms with Crippen LogP contribution in [0.3, 0.4) is 0 Å². The number of hydrogen-bond acceptors (Lipinski definition) is 6. The van der Waals surface area contributed by atoms with Gasteiger partial charge in [-0.25, -0.2) is 0 Å². The summed E-state index contributed by atoms with van der Waals surface area (Å²) in [4.78, 5) is 8.37. The third-order valence-corrected chi connectivity index (χ3v) is 1.59. The molecule has 2 rings (SSSR count). The maximum absolute atomic E-state index is 8.52. The largest absolute Gasteiger partial charge is 2.00 e. The predicted molar refractivity (Wildman–Crippen MR) is 57.9 cm³/mol. The molecule has 0 aliphatic heterocycles. The molecule has 0 atom stereocenters. The molecule has 0 unspecified atom stereocenters. The van der Waals surface area contributed by atoms with E-state index in [1.165, 1.54) is 0 Å². The summed E-state index contributed by atoms with van der Waals surface area (Å²) < 4.78 is 34.1.